The van der Waals surface area contributed by atoms with Crippen LogP contribution in [0.25, 0.3) is 0 Å². The van der Waals surface area contributed by atoms with Crippen LogP contribution < -0.4 is 19.5 Å². The highest BCUT2D eigenvalue weighted by Gasteiger charge is 2.25. The van der Waals surface area contributed by atoms with E-state index in [0.29, 0.717) is 24.5 Å². The summed E-state index contributed by atoms with van der Waals surface area (Å²) >= 11 is 0. The molecule has 3 aromatic rings. The Morgan fingerprint density at radius 1 is 1.06 bits per heavy atom. The minimum absolute atomic E-state index is 0.0268. The maximum atomic E-state index is 12.9. The number of methoxy groups -OCH3 is 1. The predicted octanol–water partition coefficient (Wildman–Crippen LogP) is 3.68. The molecule has 1 N–H and O–H groups in total. The van der Waals surface area contributed by atoms with Crippen LogP contribution in [0, 0.1) is 6.92 Å². The molecule has 2 heterocycles. The molecule has 0 bridgehead atoms. The summed E-state index contributed by atoms with van der Waals surface area (Å²) in [5, 5.41) is 7.01. The van der Waals surface area contributed by atoms with Crippen molar-refractivity contribution in [3.05, 3.63) is 66.5 Å². The first-order valence-corrected chi connectivity index (χ1v) is 12.1. The number of aryl methyl sites for hydroxylation is 1. The Hall–Kier alpha value is -4.01. The number of ether oxygens (including phenoxy) is 3. The summed E-state index contributed by atoms with van der Waals surface area (Å²) in [6.45, 7) is 3.63. The summed E-state index contributed by atoms with van der Waals surface area (Å²) in [6, 6.07) is 15.1. The van der Waals surface area contributed by atoms with Crippen LogP contribution in [0.4, 0.5) is 5.69 Å². The number of benzene rings is 2. The van der Waals surface area contributed by atoms with E-state index < -0.39 is 0 Å². The Labute approximate surface area is 210 Å². The Balaban J connectivity index is 1.20. The van der Waals surface area contributed by atoms with Crippen molar-refractivity contribution < 1.29 is 23.8 Å². The quantitative estimate of drug-likeness (QED) is 0.464. The van der Waals surface area contributed by atoms with Gasteiger partial charge >= 0.3 is 0 Å². The molecule has 0 radical (unpaired) electrons. The van der Waals surface area contributed by atoms with Crippen molar-refractivity contribution >= 4 is 17.5 Å². The van der Waals surface area contributed by atoms with Crippen molar-refractivity contribution in [3.63, 3.8) is 0 Å². The minimum Gasteiger partial charge on any atom is -0.497 e. The van der Waals surface area contributed by atoms with E-state index in [4.69, 9.17) is 14.2 Å². The summed E-state index contributed by atoms with van der Waals surface area (Å²) < 4.78 is 18.3. The van der Waals surface area contributed by atoms with Gasteiger partial charge in [-0.05, 0) is 56.2 Å². The number of hydrogen-bond acceptors (Lipinski definition) is 6. The highest BCUT2D eigenvalue weighted by atomic mass is 16.5. The van der Waals surface area contributed by atoms with Gasteiger partial charge in [0.15, 0.2) is 0 Å². The van der Waals surface area contributed by atoms with Crippen LogP contribution in [0.3, 0.4) is 0 Å². The molecule has 1 saturated heterocycles. The molecule has 190 valence electrons. The lowest BCUT2D eigenvalue weighted by Gasteiger charge is -2.33. The number of aromatic nitrogens is 2. The zero-order chi connectivity index (χ0) is 25.3. The number of nitrogens with one attached hydrogen (secondary N) is 1. The van der Waals surface area contributed by atoms with Crippen molar-refractivity contribution in [2.24, 2.45) is 0 Å². The van der Waals surface area contributed by atoms with Crippen molar-refractivity contribution in [1.29, 1.82) is 0 Å². The number of piperidine rings is 1. The molecule has 1 aromatic heterocycles. The summed E-state index contributed by atoms with van der Waals surface area (Å²) in [5.41, 5.74) is 1.72. The van der Waals surface area contributed by atoms with Crippen LogP contribution in [0.2, 0.25) is 0 Å². The number of rotatable bonds is 10. The Morgan fingerprint density at radius 3 is 2.53 bits per heavy atom. The Kier molecular flexibility index (Phi) is 8.44. The number of amides is 2. The van der Waals surface area contributed by atoms with Gasteiger partial charge in [-0.25, -0.2) is 0 Å². The lowest BCUT2D eigenvalue weighted by Crippen LogP contribution is -2.45. The maximum Gasteiger partial charge on any atom is 0.244 e. The van der Waals surface area contributed by atoms with E-state index in [-0.39, 0.29) is 37.5 Å². The van der Waals surface area contributed by atoms with Gasteiger partial charge in [0, 0.05) is 12.7 Å². The third kappa shape index (κ3) is 7.24. The Morgan fingerprint density at radius 2 is 1.78 bits per heavy atom. The van der Waals surface area contributed by atoms with E-state index in [1.165, 1.54) is 16.4 Å². The highest BCUT2D eigenvalue weighted by Crippen LogP contribution is 2.20. The Bertz CT molecular complexity index is 1140. The van der Waals surface area contributed by atoms with Crippen LogP contribution in [-0.4, -0.2) is 59.4 Å². The van der Waals surface area contributed by atoms with E-state index in [0.717, 1.165) is 24.3 Å². The molecule has 4 rings (SSSR count). The van der Waals surface area contributed by atoms with Crippen molar-refractivity contribution in [3.8, 4) is 17.2 Å². The molecule has 2 aromatic carbocycles. The van der Waals surface area contributed by atoms with Crippen molar-refractivity contribution in [2.75, 3.05) is 32.1 Å². The van der Waals surface area contributed by atoms with E-state index in [1.807, 2.05) is 36.1 Å². The molecule has 9 nitrogen and oxygen atoms in total. The third-order valence-corrected chi connectivity index (χ3v) is 5.93. The van der Waals surface area contributed by atoms with Gasteiger partial charge in [0.05, 0.1) is 38.6 Å². The third-order valence-electron chi connectivity index (χ3n) is 5.93. The van der Waals surface area contributed by atoms with E-state index in [1.54, 1.807) is 37.6 Å². The fourth-order valence-electron chi connectivity index (χ4n) is 3.98. The summed E-state index contributed by atoms with van der Waals surface area (Å²) in [4.78, 5) is 26.9. The van der Waals surface area contributed by atoms with Gasteiger partial charge in [-0.2, -0.15) is 5.10 Å². The van der Waals surface area contributed by atoms with Gasteiger partial charge < -0.3 is 24.4 Å². The first-order chi connectivity index (χ1) is 17.5. The average molecular weight is 493 g/mol. The predicted molar refractivity (Wildman–Crippen MR) is 135 cm³/mol. The molecule has 0 saturated carbocycles. The second kappa shape index (κ2) is 12.1. The normalized spacial score (nSPS) is 15.3. The SMILES string of the molecule is COc1ccc(OCCC(=O)Nc2cnn(CC(=O)N3CCCC(Oc4ccc(C)cc4)C3)c2)cc1. The number of nitrogens with zero attached hydrogens (tertiary/aromatic N) is 3. The van der Waals surface area contributed by atoms with Crippen LogP contribution in [0.5, 0.6) is 17.2 Å². The zero-order valence-electron chi connectivity index (χ0n) is 20.7. The van der Waals surface area contributed by atoms with E-state index in [9.17, 15) is 9.59 Å². The smallest absolute Gasteiger partial charge is 0.244 e. The fourth-order valence-corrected chi connectivity index (χ4v) is 3.98. The molecule has 1 aliphatic rings. The molecule has 0 aliphatic carbocycles. The maximum absolute atomic E-state index is 12.9. The molecule has 1 aliphatic heterocycles. The van der Waals surface area contributed by atoms with Gasteiger partial charge in [-0.3, -0.25) is 14.3 Å². The number of carbonyl (C=O) groups excluding carboxylic acids is 2. The van der Waals surface area contributed by atoms with Crippen molar-refractivity contribution in [2.45, 2.75) is 38.8 Å². The number of carbonyl (C=O) groups is 2. The average Bonchev–Trinajstić information content (AvgIpc) is 3.32. The molecule has 9 heteroatoms. The van der Waals surface area contributed by atoms with Crippen molar-refractivity contribution in [1.82, 2.24) is 14.7 Å². The zero-order valence-corrected chi connectivity index (χ0v) is 20.7. The molecule has 1 fully saturated rings. The molecular weight excluding hydrogens is 460 g/mol. The lowest BCUT2D eigenvalue weighted by molar-refractivity contribution is -0.134. The highest BCUT2D eigenvalue weighted by molar-refractivity contribution is 5.90. The molecular formula is C27H32N4O5. The summed E-state index contributed by atoms with van der Waals surface area (Å²) in [5.74, 6) is 2.01. The molecule has 0 spiro atoms. The van der Waals surface area contributed by atoms with Gasteiger partial charge in [-0.1, -0.05) is 17.7 Å². The van der Waals surface area contributed by atoms with Gasteiger partial charge in [0.25, 0.3) is 0 Å². The summed E-state index contributed by atoms with van der Waals surface area (Å²) in [6.07, 6.45) is 5.16. The summed E-state index contributed by atoms with van der Waals surface area (Å²) in [7, 11) is 1.60. The molecule has 36 heavy (non-hydrogen) atoms. The van der Waals surface area contributed by atoms with Gasteiger partial charge in [-0.15, -0.1) is 0 Å². The van der Waals surface area contributed by atoms with Crippen LogP contribution in [0.1, 0.15) is 24.8 Å². The fraction of sp³-hybridized carbons (Fsp3) is 0.370. The van der Waals surface area contributed by atoms with E-state index in [2.05, 4.69) is 10.4 Å². The standard InChI is InChI=1S/C27H32N4O5/c1-20-5-7-24(8-6-20)36-25-4-3-14-30(18-25)27(33)19-31-17-21(16-28-31)29-26(32)13-15-35-23-11-9-22(34-2)10-12-23/h5-12,16-17,25H,3-4,13-15,18-19H2,1-2H3,(H,29,32). The van der Waals surface area contributed by atoms with Crippen LogP contribution in [-0.2, 0) is 16.1 Å². The topological polar surface area (TPSA) is 94.9 Å². The monoisotopic (exact) mass is 492 g/mol. The van der Waals surface area contributed by atoms with Crippen LogP contribution >= 0.6 is 0 Å². The molecule has 1 atom stereocenters. The largest absolute Gasteiger partial charge is 0.497 e. The first-order valence-electron chi connectivity index (χ1n) is 12.1. The first kappa shape index (κ1) is 25.1. The number of anilines is 1. The molecule has 1 unspecified atom stereocenters. The van der Waals surface area contributed by atoms with Gasteiger partial charge in [0.2, 0.25) is 11.8 Å². The van der Waals surface area contributed by atoms with E-state index >= 15 is 0 Å². The van der Waals surface area contributed by atoms with Gasteiger partial charge in [0.1, 0.15) is 29.9 Å². The lowest BCUT2D eigenvalue weighted by atomic mass is 10.1. The minimum atomic E-state index is -0.193. The number of hydrogen-bond donors (Lipinski definition) is 1. The molecule has 2 amide bonds. The second-order valence-electron chi connectivity index (χ2n) is 8.78. The number of likely N-dealkylation sites (tertiary alicyclic amines) is 1. The van der Waals surface area contributed by atoms with Crippen LogP contribution in [0.15, 0.2) is 60.9 Å². The second-order valence-corrected chi connectivity index (χ2v) is 8.78.